The molecule has 90 valence electrons. The lowest BCUT2D eigenvalue weighted by atomic mass is 9.85. The molecule has 0 aromatic carbocycles. The Kier molecular flexibility index (Phi) is 6.87. The quantitative estimate of drug-likeness (QED) is 0.467. The molecule has 0 saturated carbocycles. The Morgan fingerprint density at radius 1 is 1.00 bits per heavy atom. The van der Waals surface area contributed by atoms with Crippen molar-refractivity contribution >= 4 is 6.21 Å². The van der Waals surface area contributed by atoms with Crippen LogP contribution in [0.25, 0.3) is 0 Å². The molecule has 0 aliphatic rings. The van der Waals surface area contributed by atoms with E-state index in [0.717, 1.165) is 17.8 Å². The average molecular weight is 212 g/mol. The third-order valence-corrected chi connectivity index (χ3v) is 3.36. The zero-order valence-electron chi connectivity index (χ0n) is 11.7. The fourth-order valence-corrected chi connectivity index (χ4v) is 2.12. The van der Waals surface area contributed by atoms with Gasteiger partial charge in [-0.2, -0.15) is 0 Å². The van der Waals surface area contributed by atoms with Gasteiger partial charge in [0.05, 0.1) is 0 Å². The van der Waals surface area contributed by atoms with Gasteiger partial charge in [-0.3, -0.25) is 0 Å². The van der Waals surface area contributed by atoms with E-state index in [1.165, 1.54) is 13.0 Å². The van der Waals surface area contributed by atoms with E-state index >= 15 is 0 Å². The highest BCUT2D eigenvalue weighted by Crippen LogP contribution is 2.20. The summed E-state index contributed by atoms with van der Waals surface area (Å²) < 4.78 is 2.39. The standard InChI is InChI=1S/C14H30N/c1-8-13(6)9-15(7)10-14(11(2)3)12(4)5/h9,11-14H,8,10H2,1-7H3/q+1. The van der Waals surface area contributed by atoms with E-state index in [2.05, 4.69) is 59.4 Å². The molecule has 0 aromatic heterocycles. The van der Waals surface area contributed by atoms with Gasteiger partial charge >= 0.3 is 0 Å². The summed E-state index contributed by atoms with van der Waals surface area (Å²) in [4.78, 5) is 0. The van der Waals surface area contributed by atoms with Crippen molar-refractivity contribution < 1.29 is 4.58 Å². The van der Waals surface area contributed by atoms with Crippen LogP contribution in [0.4, 0.5) is 0 Å². The van der Waals surface area contributed by atoms with E-state index in [4.69, 9.17) is 0 Å². The van der Waals surface area contributed by atoms with Crippen molar-refractivity contribution in [3.05, 3.63) is 0 Å². The number of hydrogen-bond acceptors (Lipinski definition) is 0. The van der Waals surface area contributed by atoms with E-state index in [9.17, 15) is 0 Å². The minimum Gasteiger partial charge on any atom is -0.242 e. The van der Waals surface area contributed by atoms with Crippen LogP contribution >= 0.6 is 0 Å². The Labute approximate surface area is 96.6 Å². The van der Waals surface area contributed by atoms with Gasteiger partial charge in [0.25, 0.3) is 0 Å². The van der Waals surface area contributed by atoms with E-state index < -0.39 is 0 Å². The lowest BCUT2D eigenvalue weighted by Crippen LogP contribution is -2.27. The molecule has 0 fully saturated rings. The number of nitrogens with zero attached hydrogens (tertiary/aromatic N) is 1. The molecule has 1 nitrogen and oxygen atoms in total. The van der Waals surface area contributed by atoms with Gasteiger partial charge in [0.1, 0.15) is 19.8 Å². The minimum atomic E-state index is 0.704. The molecule has 0 aromatic rings. The molecule has 0 spiro atoms. The number of hydrogen-bond donors (Lipinski definition) is 0. The zero-order chi connectivity index (χ0) is 12.0. The molecule has 0 N–H and O–H groups in total. The van der Waals surface area contributed by atoms with E-state index in [1.54, 1.807) is 0 Å². The second-order valence-electron chi connectivity index (χ2n) is 5.63. The van der Waals surface area contributed by atoms with Gasteiger partial charge in [-0.25, -0.2) is 4.58 Å². The topological polar surface area (TPSA) is 3.01 Å². The van der Waals surface area contributed by atoms with E-state index in [0.29, 0.717) is 5.92 Å². The van der Waals surface area contributed by atoms with Gasteiger partial charge in [-0.15, -0.1) is 0 Å². The molecule has 0 aliphatic heterocycles. The minimum absolute atomic E-state index is 0.704. The molecule has 0 rings (SSSR count). The van der Waals surface area contributed by atoms with Crippen molar-refractivity contribution in [3.8, 4) is 0 Å². The van der Waals surface area contributed by atoms with E-state index in [-0.39, 0.29) is 0 Å². The fraction of sp³-hybridized carbons (Fsp3) is 0.929. The molecule has 0 amide bonds. The highest BCUT2D eigenvalue weighted by atomic mass is 15.0. The second kappa shape index (κ2) is 7.03. The van der Waals surface area contributed by atoms with Crippen LogP contribution < -0.4 is 0 Å². The third kappa shape index (κ3) is 5.96. The van der Waals surface area contributed by atoms with Crippen LogP contribution in [-0.2, 0) is 0 Å². The van der Waals surface area contributed by atoms with Gasteiger partial charge in [-0.1, -0.05) is 41.5 Å². The van der Waals surface area contributed by atoms with Gasteiger partial charge in [0, 0.05) is 11.8 Å². The molecule has 1 unspecified atom stereocenters. The van der Waals surface area contributed by atoms with Crippen LogP contribution in [0, 0.1) is 23.7 Å². The van der Waals surface area contributed by atoms with Crippen LogP contribution in [0.3, 0.4) is 0 Å². The van der Waals surface area contributed by atoms with Crippen LogP contribution in [0.2, 0.25) is 0 Å². The van der Waals surface area contributed by atoms with Gasteiger partial charge in [0.2, 0.25) is 0 Å². The smallest absolute Gasteiger partial charge is 0.145 e. The van der Waals surface area contributed by atoms with Crippen molar-refractivity contribution in [2.75, 3.05) is 13.6 Å². The Morgan fingerprint density at radius 3 is 1.80 bits per heavy atom. The fourth-order valence-electron chi connectivity index (χ4n) is 2.12. The van der Waals surface area contributed by atoms with Crippen molar-refractivity contribution in [2.24, 2.45) is 23.7 Å². The largest absolute Gasteiger partial charge is 0.242 e. The van der Waals surface area contributed by atoms with Crippen molar-refractivity contribution in [2.45, 2.75) is 48.0 Å². The first-order valence-corrected chi connectivity index (χ1v) is 6.43. The van der Waals surface area contributed by atoms with Crippen LogP contribution in [-0.4, -0.2) is 24.4 Å². The second-order valence-corrected chi connectivity index (χ2v) is 5.63. The lowest BCUT2D eigenvalue weighted by molar-refractivity contribution is -0.505. The molecule has 0 radical (unpaired) electrons. The third-order valence-electron chi connectivity index (χ3n) is 3.36. The predicted molar refractivity (Wildman–Crippen MR) is 69.7 cm³/mol. The Morgan fingerprint density at radius 2 is 1.47 bits per heavy atom. The summed E-state index contributed by atoms with van der Waals surface area (Å²) >= 11 is 0. The summed E-state index contributed by atoms with van der Waals surface area (Å²) in [6, 6.07) is 0. The van der Waals surface area contributed by atoms with Crippen LogP contribution in [0.5, 0.6) is 0 Å². The molecule has 1 atom stereocenters. The monoisotopic (exact) mass is 212 g/mol. The van der Waals surface area contributed by atoms with Gasteiger partial charge < -0.3 is 0 Å². The van der Waals surface area contributed by atoms with Crippen LogP contribution in [0.15, 0.2) is 0 Å². The first-order chi connectivity index (χ1) is 6.88. The summed E-state index contributed by atoms with van der Waals surface area (Å²) in [5, 5.41) is 0. The highest BCUT2D eigenvalue weighted by Gasteiger charge is 2.21. The predicted octanol–water partition coefficient (Wildman–Crippen LogP) is 3.67. The average Bonchev–Trinajstić information content (AvgIpc) is 2.12. The zero-order valence-corrected chi connectivity index (χ0v) is 11.7. The lowest BCUT2D eigenvalue weighted by Gasteiger charge is -2.22. The first kappa shape index (κ1) is 14.7. The maximum Gasteiger partial charge on any atom is 0.145 e. The SMILES string of the molecule is CCC(C)C=[N+](C)CC(C(C)C)C(C)C. The number of rotatable bonds is 6. The van der Waals surface area contributed by atoms with Crippen molar-refractivity contribution in [1.29, 1.82) is 0 Å². The van der Waals surface area contributed by atoms with Crippen molar-refractivity contribution in [1.82, 2.24) is 0 Å². The summed E-state index contributed by atoms with van der Waals surface area (Å²) in [5.74, 6) is 3.06. The van der Waals surface area contributed by atoms with Gasteiger partial charge in [-0.05, 0) is 18.3 Å². The molecule has 0 bridgehead atoms. The molecule has 0 heterocycles. The maximum absolute atomic E-state index is 2.39. The maximum atomic E-state index is 2.39. The Balaban J connectivity index is 4.35. The van der Waals surface area contributed by atoms with Gasteiger partial charge in [0.15, 0.2) is 0 Å². The summed E-state index contributed by atoms with van der Waals surface area (Å²) in [5.41, 5.74) is 0. The molecular weight excluding hydrogens is 182 g/mol. The normalized spacial score (nSPS) is 15.5. The molecule has 1 heteroatoms. The molecule has 15 heavy (non-hydrogen) atoms. The molecular formula is C14H30N+. The summed E-state index contributed by atoms with van der Waals surface area (Å²) in [7, 11) is 2.21. The van der Waals surface area contributed by atoms with E-state index in [1.807, 2.05) is 0 Å². The Hall–Kier alpha value is -0.330. The summed E-state index contributed by atoms with van der Waals surface area (Å²) in [6.45, 7) is 15.1. The Bertz CT molecular complexity index is 184. The van der Waals surface area contributed by atoms with Crippen LogP contribution in [0.1, 0.15) is 48.0 Å². The molecule has 0 aliphatic carbocycles. The van der Waals surface area contributed by atoms with Crippen molar-refractivity contribution in [3.63, 3.8) is 0 Å². The first-order valence-electron chi connectivity index (χ1n) is 6.43. The summed E-state index contributed by atoms with van der Waals surface area (Å²) in [6.07, 6.45) is 3.61. The molecule has 0 saturated heterocycles. The highest BCUT2D eigenvalue weighted by molar-refractivity contribution is 5.54.